The molecule has 2 atom stereocenters. The number of carbonyl (C=O) groups excluding carboxylic acids is 2. The topological polar surface area (TPSA) is 83.1 Å². The maximum Gasteiger partial charge on any atom is 0.228 e. The first kappa shape index (κ1) is 26.8. The Labute approximate surface area is 225 Å². The van der Waals surface area contributed by atoms with Crippen LogP contribution < -0.4 is 10.6 Å². The standard InChI is InChI=1S/2C15H20N2O2/c2*1-2-6-17-7-8-19-14(10-17)11-4-3-5-13-12(11)9-15(18)16-13/h2*3-5,14H,2,6-10H2,1H3,(H,16,18)/t2*14-/m10/s1. The quantitative estimate of drug-likeness (QED) is 0.601. The molecule has 2 amide bonds. The molecular formula is C30H40N4O4. The molecule has 8 heteroatoms. The normalized spacial score (nSPS) is 23.2. The molecule has 2 fully saturated rings. The average molecular weight is 521 g/mol. The molecule has 38 heavy (non-hydrogen) atoms. The smallest absolute Gasteiger partial charge is 0.228 e. The Morgan fingerprint density at radius 3 is 1.61 bits per heavy atom. The molecule has 2 aromatic carbocycles. The molecule has 0 aromatic heterocycles. The molecule has 8 nitrogen and oxygen atoms in total. The Hall–Kier alpha value is -2.78. The van der Waals surface area contributed by atoms with Crippen LogP contribution in [0.3, 0.4) is 0 Å². The van der Waals surface area contributed by atoms with Gasteiger partial charge in [0.05, 0.1) is 38.3 Å². The predicted molar refractivity (Wildman–Crippen MR) is 148 cm³/mol. The first-order chi connectivity index (χ1) is 18.6. The van der Waals surface area contributed by atoms with E-state index in [9.17, 15) is 9.59 Å². The number of carbonyl (C=O) groups is 2. The van der Waals surface area contributed by atoms with E-state index in [1.165, 1.54) is 24.0 Å². The Morgan fingerprint density at radius 2 is 1.18 bits per heavy atom. The summed E-state index contributed by atoms with van der Waals surface area (Å²) in [7, 11) is 0. The summed E-state index contributed by atoms with van der Waals surface area (Å²) in [4.78, 5) is 28.0. The highest BCUT2D eigenvalue weighted by molar-refractivity contribution is 6.00. The summed E-state index contributed by atoms with van der Waals surface area (Å²) in [5.41, 5.74) is 6.51. The van der Waals surface area contributed by atoms with Gasteiger partial charge in [-0.2, -0.15) is 0 Å². The van der Waals surface area contributed by atoms with Gasteiger partial charge < -0.3 is 20.1 Å². The number of benzene rings is 2. The third-order valence-corrected chi connectivity index (χ3v) is 7.72. The molecule has 0 radical (unpaired) electrons. The monoisotopic (exact) mass is 520 g/mol. The fraction of sp³-hybridized carbons (Fsp3) is 0.533. The van der Waals surface area contributed by atoms with E-state index >= 15 is 0 Å². The molecule has 6 rings (SSSR count). The third-order valence-electron chi connectivity index (χ3n) is 7.72. The number of ether oxygens (including phenoxy) is 2. The van der Waals surface area contributed by atoms with Crippen molar-refractivity contribution >= 4 is 23.2 Å². The second-order valence-corrected chi connectivity index (χ2v) is 10.5. The number of anilines is 2. The average Bonchev–Trinajstić information content (AvgIpc) is 3.50. The molecular weight excluding hydrogens is 480 g/mol. The van der Waals surface area contributed by atoms with Gasteiger partial charge in [-0.15, -0.1) is 0 Å². The highest BCUT2D eigenvalue weighted by Crippen LogP contribution is 2.34. The van der Waals surface area contributed by atoms with E-state index in [-0.39, 0.29) is 24.0 Å². The van der Waals surface area contributed by atoms with Crippen molar-refractivity contribution in [3.05, 3.63) is 58.7 Å². The van der Waals surface area contributed by atoms with Crippen LogP contribution in [0.4, 0.5) is 11.4 Å². The summed E-state index contributed by atoms with van der Waals surface area (Å²) >= 11 is 0. The minimum atomic E-state index is 0.0867. The van der Waals surface area contributed by atoms with Gasteiger partial charge in [0.15, 0.2) is 0 Å². The van der Waals surface area contributed by atoms with Crippen molar-refractivity contribution in [2.24, 2.45) is 0 Å². The maximum atomic E-state index is 11.5. The number of fused-ring (bicyclic) bond motifs is 2. The van der Waals surface area contributed by atoms with Crippen LogP contribution in [0.15, 0.2) is 36.4 Å². The molecule has 0 unspecified atom stereocenters. The number of nitrogens with one attached hydrogen (secondary N) is 2. The summed E-state index contributed by atoms with van der Waals surface area (Å²) in [6, 6.07) is 12.1. The number of amides is 2. The molecule has 2 saturated heterocycles. The van der Waals surface area contributed by atoms with Crippen molar-refractivity contribution in [3.63, 3.8) is 0 Å². The molecule has 2 N–H and O–H groups in total. The van der Waals surface area contributed by atoms with Crippen molar-refractivity contribution < 1.29 is 19.1 Å². The highest BCUT2D eigenvalue weighted by Gasteiger charge is 2.29. The van der Waals surface area contributed by atoms with Gasteiger partial charge >= 0.3 is 0 Å². The largest absolute Gasteiger partial charge is 0.371 e. The van der Waals surface area contributed by atoms with Crippen LogP contribution in [-0.4, -0.2) is 74.1 Å². The third kappa shape index (κ3) is 6.10. The van der Waals surface area contributed by atoms with Crippen molar-refractivity contribution in [1.82, 2.24) is 9.80 Å². The molecule has 0 bridgehead atoms. The minimum Gasteiger partial charge on any atom is -0.371 e. The molecule has 4 heterocycles. The molecule has 204 valence electrons. The van der Waals surface area contributed by atoms with Crippen LogP contribution in [-0.2, 0) is 31.9 Å². The minimum absolute atomic E-state index is 0.0867. The number of morpholine rings is 2. The van der Waals surface area contributed by atoms with Gasteiger partial charge in [-0.05, 0) is 60.3 Å². The van der Waals surface area contributed by atoms with Crippen LogP contribution in [0, 0.1) is 0 Å². The van der Waals surface area contributed by atoms with Crippen LogP contribution in [0.1, 0.15) is 61.2 Å². The van der Waals surface area contributed by atoms with Crippen molar-refractivity contribution in [1.29, 1.82) is 0 Å². The fourth-order valence-electron chi connectivity index (χ4n) is 5.97. The summed E-state index contributed by atoms with van der Waals surface area (Å²) in [6.07, 6.45) is 3.50. The molecule has 4 aliphatic heterocycles. The van der Waals surface area contributed by atoms with Gasteiger partial charge in [-0.3, -0.25) is 19.4 Å². The Bertz CT molecular complexity index is 1060. The van der Waals surface area contributed by atoms with E-state index in [2.05, 4.69) is 46.4 Å². The Balaban J connectivity index is 0.000000155. The van der Waals surface area contributed by atoms with E-state index in [0.717, 1.165) is 75.0 Å². The first-order valence-electron chi connectivity index (χ1n) is 14.1. The second kappa shape index (κ2) is 12.4. The maximum absolute atomic E-state index is 11.5. The second-order valence-electron chi connectivity index (χ2n) is 10.5. The number of hydrogen-bond donors (Lipinski definition) is 2. The van der Waals surface area contributed by atoms with Gasteiger partial charge in [0, 0.05) is 37.6 Å². The van der Waals surface area contributed by atoms with Gasteiger partial charge in [0.1, 0.15) is 0 Å². The molecule has 4 aliphatic rings. The fourth-order valence-corrected chi connectivity index (χ4v) is 5.97. The number of hydrogen-bond acceptors (Lipinski definition) is 6. The van der Waals surface area contributed by atoms with E-state index in [0.29, 0.717) is 12.8 Å². The zero-order chi connectivity index (χ0) is 26.5. The van der Waals surface area contributed by atoms with Gasteiger partial charge in [0.2, 0.25) is 11.8 Å². The summed E-state index contributed by atoms with van der Waals surface area (Å²) in [5, 5.41) is 5.81. The summed E-state index contributed by atoms with van der Waals surface area (Å²) in [6.45, 7) is 12.1. The number of rotatable bonds is 6. The Kier molecular flexibility index (Phi) is 8.74. The van der Waals surface area contributed by atoms with E-state index in [1.807, 2.05) is 24.3 Å². The van der Waals surface area contributed by atoms with Crippen molar-refractivity contribution in [2.75, 3.05) is 63.1 Å². The predicted octanol–water partition coefficient (Wildman–Crippen LogP) is 3.93. The highest BCUT2D eigenvalue weighted by atomic mass is 16.5. The molecule has 2 aromatic rings. The summed E-state index contributed by atoms with van der Waals surface area (Å²) < 4.78 is 11.8. The summed E-state index contributed by atoms with van der Waals surface area (Å²) in [5.74, 6) is 0.173. The van der Waals surface area contributed by atoms with Crippen molar-refractivity contribution in [2.45, 2.75) is 51.7 Å². The van der Waals surface area contributed by atoms with E-state index in [1.54, 1.807) is 0 Å². The van der Waals surface area contributed by atoms with Crippen LogP contribution in [0.5, 0.6) is 0 Å². The lowest BCUT2D eigenvalue weighted by molar-refractivity contribution is -0.116. The van der Waals surface area contributed by atoms with Gasteiger partial charge in [-0.25, -0.2) is 0 Å². The SMILES string of the molecule is CCCN1CCO[C@@H](c2cccc3c2CC(=O)N3)C1.CCCN1CCO[C@H](c2cccc3c2CC(=O)N3)C1. The zero-order valence-corrected chi connectivity index (χ0v) is 22.6. The van der Waals surface area contributed by atoms with Crippen molar-refractivity contribution in [3.8, 4) is 0 Å². The lowest BCUT2D eigenvalue weighted by Crippen LogP contribution is -2.38. The van der Waals surface area contributed by atoms with E-state index < -0.39 is 0 Å². The Morgan fingerprint density at radius 1 is 0.737 bits per heavy atom. The molecule has 0 aliphatic carbocycles. The number of nitrogens with zero attached hydrogens (tertiary/aromatic N) is 2. The van der Waals surface area contributed by atoms with Crippen LogP contribution in [0.25, 0.3) is 0 Å². The van der Waals surface area contributed by atoms with Gasteiger partial charge in [0.25, 0.3) is 0 Å². The lowest BCUT2D eigenvalue weighted by Gasteiger charge is -2.33. The molecule has 0 spiro atoms. The van der Waals surface area contributed by atoms with Crippen LogP contribution in [0.2, 0.25) is 0 Å². The van der Waals surface area contributed by atoms with Gasteiger partial charge in [-0.1, -0.05) is 38.1 Å². The molecule has 0 saturated carbocycles. The zero-order valence-electron chi connectivity index (χ0n) is 22.6. The van der Waals surface area contributed by atoms with E-state index in [4.69, 9.17) is 9.47 Å². The van der Waals surface area contributed by atoms with Crippen LogP contribution >= 0.6 is 0 Å². The lowest BCUT2D eigenvalue weighted by atomic mass is 9.99. The first-order valence-corrected chi connectivity index (χ1v) is 14.1.